The molecule has 1 fully saturated rings. The first-order valence-electron chi connectivity index (χ1n) is 3.50. The smallest absolute Gasteiger partial charge is 0.00383 e. The van der Waals surface area contributed by atoms with Crippen molar-refractivity contribution < 1.29 is 0 Å². The Bertz CT molecular complexity index is 66.8. The van der Waals surface area contributed by atoms with Gasteiger partial charge in [0.05, 0.1) is 0 Å². The van der Waals surface area contributed by atoms with E-state index in [1.54, 1.807) is 0 Å². The molecule has 0 radical (unpaired) electrons. The third-order valence-corrected chi connectivity index (χ3v) is 1.88. The minimum Gasteiger partial charge on any atom is -0.317 e. The molecule has 1 N–H and O–H groups in total. The summed E-state index contributed by atoms with van der Waals surface area (Å²) in [6.07, 6.45) is 4.34. The fourth-order valence-corrected chi connectivity index (χ4v) is 0.971. The van der Waals surface area contributed by atoms with E-state index in [1.807, 2.05) is 7.05 Å². The summed E-state index contributed by atoms with van der Waals surface area (Å²) in [5.74, 6) is 1.07. The molecule has 1 rings (SSSR count). The van der Waals surface area contributed by atoms with Gasteiger partial charge in [-0.25, -0.2) is 0 Å². The van der Waals surface area contributed by atoms with E-state index in [0.717, 1.165) is 12.0 Å². The van der Waals surface area contributed by atoms with Crippen LogP contribution < -0.4 is 5.32 Å². The average molecular weight is 113 g/mol. The molecule has 1 heteroatoms. The maximum absolute atomic E-state index is 3.24. The number of nitrogens with one attached hydrogen (secondary N) is 1. The molecule has 48 valence electrons. The molecule has 0 saturated heterocycles. The van der Waals surface area contributed by atoms with Gasteiger partial charge in [0.25, 0.3) is 0 Å². The summed E-state index contributed by atoms with van der Waals surface area (Å²) in [5, 5.41) is 3.24. The number of rotatable bonds is 3. The minimum atomic E-state index is 0.738. The van der Waals surface area contributed by atoms with Gasteiger partial charge in [0, 0.05) is 6.04 Å². The molecule has 0 aromatic carbocycles. The van der Waals surface area contributed by atoms with Crippen molar-refractivity contribution in [1.82, 2.24) is 5.32 Å². The first-order chi connectivity index (χ1) is 3.83. The van der Waals surface area contributed by atoms with Gasteiger partial charge in [0.2, 0.25) is 0 Å². The largest absolute Gasteiger partial charge is 0.317 e. The van der Waals surface area contributed by atoms with Crippen LogP contribution in [-0.2, 0) is 0 Å². The van der Waals surface area contributed by atoms with Crippen LogP contribution in [0.1, 0.15) is 26.2 Å². The topological polar surface area (TPSA) is 12.0 Å². The summed E-state index contributed by atoms with van der Waals surface area (Å²) >= 11 is 0. The highest BCUT2D eigenvalue weighted by Gasteiger charge is 2.22. The van der Waals surface area contributed by atoms with Gasteiger partial charge in [-0.2, -0.15) is 0 Å². The Morgan fingerprint density at radius 1 is 1.62 bits per heavy atom. The van der Waals surface area contributed by atoms with Crippen LogP contribution >= 0.6 is 0 Å². The van der Waals surface area contributed by atoms with Gasteiger partial charge in [-0.3, -0.25) is 0 Å². The van der Waals surface area contributed by atoms with Gasteiger partial charge >= 0.3 is 0 Å². The molecule has 1 aliphatic carbocycles. The fourth-order valence-electron chi connectivity index (χ4n) is 0.971. The predicted octanol–water partition coefficient (Wildman–Crippen LogP) is 1.39. The van der Waals surface area contributed by atoms with Crippen LogP contribution in [0, 0.1) is 5.92 Å². The Kier molecular flexibility index (Phi) is 1.90. The normalized spacial score (nSPS) is 23.2. The molecule has 8 heavy (non-hydrogen) atoms. The highest BCUT2D eigenvalue weighted by Crippen LogP contribution is 2.33. The van der Waals surface area contributed by atoms with E-state index in [2.05, 4.69) is 12.2 Å². The summed E-state index contributed by atoms with van der Waals surface area (Å²) in [6, 6.07) is 0.738. The van der Waals surface area contributed by atoms with Crippen molar-refractivity contribution in [3.63, 3.8) is 0 Å². The third kappa shape index (κ3) is 1.83. The van der Waals surface area contributed by atoms with E-state index in [4.69, 9.17) is 0 Å². The average Bonchev–Trinajstić information content (AvgIpc) is 2.50. The zero-order valence-electron chi connectivity index (χ0n) is 5.78. The molecule has 0 amide bonds. The fraction of sp³-hybridized carbons (Fsp3) is 1.00. The van der Waals surface area contributed by atoms with Crippen LogP contribution in [0.4, 0.5) is 0 Å². The maximum Gasteiger partial charge on any atom is 0.00383 e. The van der Waals surface area contributed by atoms with Crippen molar-refractivity contribution in [2.24, 2.45) is 5.92 Å². The maximum atomic E-state index is 3.24. The molecule has 0 aliphatic heterocycles. The molecule has 1 unspecified atom stereocenters. The van der Waals surface area contributed by atoms with E-state index in [9.17, 15) is 0 Å². The van der Waals surface area contributed by atoms with Gasteiger partial charge in [-0.15, -0.1) is 0 Å². The van der Waals surface area contributed by atoms with Crippen LogP contribution in [0.25, 0.3) is 0 Å². The van der Waals surface area contributed by atoms with Crippen molar-refractivity contribution in [3.8, 4) is 0 Å². The Morgan fingerprint density at radius 3 is 2.62 bits per heavy atom. The lowest BCUT2D eigenvalue weighted by Gasteiger charge is -2.06. The quantitative estimate of drug-likeness (QED) is 0.583. The molecule has 0 aromatic heterocycles. The lowest BCUT2D eigenvalue weighted by molar-refractivity contribution is 0.529. The van der Waals surface area contributed by atoms with Crippen molar-refractivity contribution in [2.75, 3.05) is 7.05 Å². The summed E-state index contributed by atoms with van der Waals surface area (Å²) < 4.78 is 0. The van der Waals surface area contributed by atoms with Gasteiger partial charge in [0.1, 0.15) is 0 Å². The van der Waals surface area contributed by atoms with Crippen molar-refractivity contribution in [3.05, 3.63) is 0 Å². The summed E-state index contributed by atoms with van der Waals surface area (Å²) in [5.41, 5.74) is 0. The van der Waals surface area contributed by atoms with Gasteiger partial charge in [-0.1, -0.05) is 12.8 Å². The van der Waals surface area contributed by atoms with E-state index >= 15 is 0 Å². The standard InChI is InChI=1S/C7H15N/c1-6(8-2)5-7-3-4-7/h6-8H,3-5H2,1-2H3. The van der Waals surface area contributed by atoms with Crippen LogP contribution in [0.5, 0.6) is 0 Å². The highest BCUT2D eigenvalue weighted by atomic mass is 14.9. The van der Waals surface area contributed by atoms with E-state index < -0.39 is 0 Å². The molecule has 0 aromatic rings. The van der Waals surface area contributed by atoms with Crippen molar-refractivity contribution >= 4 is 0 Å². The van der Waals surface area contributed by atoms with Crippen LogP contribution in [0.3, 0.4) is 0 Å². The molecule has 1 aliphatic rings. The van der Waals surface area contributed by atoms with Crippen molar-refractivity contribution in [2.45, 2.75) is 32.2 Å². The molecule has 0 bridgehead atoms. The third-order valence-electron chi connectivity index (χ3n) is 1.88. The number of hydrogen-bond donors (Lipinski definition) is 1. The minimum absolute atomic E-state index is 0.738. The monoisotopic (exact) mass is 113 g/mol. The SMILES string of the molecule is CNC(C)CC1CC1. The van der Waals surface area contributed by atoms with Crippen LogP contribution in [0.2, 0.25) is 0 Å². The van der Waals surface area contributed by atoms with Crippen LogP contribution in [-0.4, -0.2) is 13.1 Å². The van der Waals surface area contributed by atoms with E-state index in [0.29, 0.717) is 0 Å². The Hall–Kier alpha value is -0.0400. The molecule has 0 heterocycles. The zero-order chi connectivity index (χ0) is 5.98. The lowest BCUT2D eigenvalue weighted by Crippen LogP contribution is -2.21. The number of hydrogen-bond acceptors (Lipinski definition) is 1. The summed E-state index contributed by atoms with van der Waals surface area (Å²) in [7, 11) is 2.03. The molecule has 0 spiro atoms. The van der Waals surface area contributed by atoms with Gasteiger partial charge in [-0.05, 0) is 26.3 Å². The molecule has 1 saturated carbocycles. The molecule has 1 nitrogen and oxygen atoms in total. The molecular formula is C7H15N. The first kappa shape index (κ1) is 6.09. The first-order valence-corrected chi connectivity index (χ1v) is 3.50. The zero-order valence-corrected chi connectivity index (χ0v) is 5.78. The van der Waals surface area contributed by atoms with Crippen molar-refractivity contribution in [1.29, 1.82) is 0 Å². The second-order valence-electron chi connectivity index (χ2n) is 2.87. The van der Waals surface area contributed by atoms with Gasteiger partial charge in [0.15, 0.2) is 0 Å². The highest BCUT2D eigenvalue weighted by molar-refractivity contribution is 4.76. The summed E-state index contributed by atoms with van der Waals surface area (Å²) in [4.78, 5) is 0. The molecular weight excluding hydrogens is 98.1 g/mol. The summed E-state index contributed by atoms with van der Waals surface area (Å²) in [6.45, 7) is 2.25. The second kappa shape index (κ2) is 2.49. The van der Waals surface area contributed by atoms with Crippen LogP contribution in [0.15, 0.2) is 0 Å². The Morgan fingerprint density at radius 2 is 2.25 bits per heavy atom. The Labute approximate surface area is 51.5 Å². The predicted molar refractivity (Wildman–Crippen MR) is 35.9 cm³/mol. The second-order valence-corrected chi connectivity index (χ2v) is 2.87. The van der Waals surface area contributed by atoms with Gasteiger partial charge < -0.3 is 5.32 Å². The molecule has 1 atom stereocenters. The van der Waals surface area contributed by atoms with E-state index in [1.165, 1.54) is 19.3 Å². The van der Waals surface area contributed by atoms with E-state index in [-0.39, 0.29) is 0 Å². The Balaban J connectivity index is 1.98. The lowest BCUT2D eigenvalue weighted by atomic mass is 10.2.